The van der Waals surface area contributed by atoms with Crippen LogP contribution in [0.3, 0.4) is 0 Å². The molecule has 0 unspecified atom stereocenters. The van der Waals surface area contributed by atoms with Crippen molar-refractivity contribution in [2.45, 2.75) is 0 Å². The minimum absolute atomic E-state index is 0.0908. The van der Waals surface area contributed by atoms with Crippen molar-refractivity contribution in [3.63, 3.8) is 0 Å². The van der Waals surface area contributed by atoms with Gasteiger partial charge < -0.3 is 19.4 Å². The van der Waals surface area contributed by atoms with Crippen LogP contribution >= 0.6 is 0 Å². The van der Waals surface area contributed by atoms with E-state index >= 15 is 0 Å². The highest BCUT2D eigenvalue weighted by Crippen LogP contribution is 2.34. The Labute approximate surface area is 159 Å². The highest BCUT2D eigenvalue weighted by molar-refractivity contribution is 6.06. The molecule has 140 valence electrons. The summed E-state index contributed by atoms with van der Waals surface area (Å²) in [5.41, 5.74) is 0.635. The first kappa shape index (κ1) is 17.5. The van der Waals surface area contributed by atoms with E-state index in [-0.39, 0.29) is 18.1 Å². The van der Waals surface area contributed by atoms with Gasteiger partial charge in [0, 0.05) is 23.7 Å². The predicted octanol–water partition coefficient (Wildman–Crippen LogP) is 2.96. The first-order valence-electron chi connectivity index (χ1n) is 8.59. The van der Waals surface area contributed by atoms with Crippen molar-refractivity contribution in [3.05, 3.63) is 77.2 Å². The van der Waals surface area contributed by atoms with E-state index in [0.29, 0.717) is 34.6 Å². The molecule has 0 fully saturated rings. The van der Waals surface area contributed by atoms with Crippen molar-refractivity contribution < 1.29 is 18.7 Å². The third kappa shape index (κ3) is 3.14. The van der Waals surface area contributed by atoms with Gasteiger partial charge in [-0.1, -0.05) is 24.3 Å². The van der Waals surface area contributed by atoms with Crippen LogP contribution in [0.25, 0.3) is 11.0 Å². The number of amides is 2. The number of nitrogens with one attached hydrogen (secondary N) is 1. The van der Waals surface area contributed by atoms with E-state index in [1.807, 2.05) is 0 Å². The lowest BCUT2D eigenvalue weighted by Crippen LogP contribution is -2.38. The smallest absolute Gasteiger partial charge is 0.349 e. The SMILES string of the molecule is C=CCN1C(=O)COc2cc(NC(=O)c3cc4ccccc4oc3=O)ccc21. The van der Waals surface area contributed by atoms with Crippen molar-refractivity contribution in [3.8, 4) is 5.75 Å². The van der Waals surface area contributed by atoms with Crippen molar-refractivity contribution in [2.75, 3.05) is 23.4 Å². The van der Waals surface area contributed by atoms with Gasteiger partial charge in [-0.3, -0.25) is 9.59 Å². The standard InChI is InChI=1S/C21H16N2O5/c1-2-9-23-16-8-7-14(11-18(16)27-12-19(23)24)22-20(25)15-10-13-5-3-4-6-17(13)28-21(15)26/h2-8,10-11H,1,9,12H2,(H,22,25). The monoisotopic (exact) mass is 376 g/mol. The second-order valence-electron chi connectivity index (χ2n) is 6.20. The summed E-state index contributed by atoms with van der Waals surface area (Å²) in [6, 6.07) is 13.4. The normalized spacial score (nSPS) is 13.0. The van der Waals surface area contributed by atoms with Crippen LogP contribution in [0.5, 0.6) is 5.75 Å². The van der Waals surface area contributed by atoms with Crippen molar-refractivity contribution in [1.82, 2.24) is 0 Å². The van der Waals surface area contributed by atoms with E-state index in [0.717, 1.165) is 0 Å². The third-order valence-corrected chi connectivity index (χ3v) is 4.36. The van der Waals surface area contributed by atoms with E-state index in [1.165, 1.54) is 6.07 Å². The van der Waals surface area contributed by atoms with E-state index in [1.54, 1.807) is 53.4 Å². The summed E-state index contributed by atoms with van der Waals surface area (Å²) < 4.78 is 10.7. The second-order valence-corrected chi connectivity index (χ2v) is 6.20. The van der Waals surface area contributed by atoms with Crippen LogP contribution in [-0.4, -0.2) is 25.0 Å². The molecule has 0 saturated heterocycles. The number of ether oxygens (including phenoxy) is 1. The lowest BCUT2D eigenvalue weighted by atomic mass is 10.1. The van der Waals surface area contributed by atoms with Crippen LogP contribution in [0.1, 0.15) is 10.4 Å². The van der Waals surface area contributed by atoms with E-state index in [9.17, 15) is 14.4 Å². The Morgan fingerprint density at radius 1 is 1.18 bits per heavy atom. The van der Waals surface area contributed by atoms with Crippen molar-refractivity contribution >= 4 is 34.2 Å². The number of carbonyl (C=O) groups is 2. The van der Waals surface area contributed by atoms with Gasteiger partial charge in [-0.05, 0) is 24.3 Å². The van der Waals surface area contributed by atoms with Crippen LogP contribution in [0, 0.1) is 0 Å². The van der Waals surface area contributed by atoms with E-state index in [2.05, 4.69) is 11.9 Å². The number of rotatable bonds is 4. The number of anilines is 2. The molecule has 28 heavy (non-hydrogen) atoms. The van der Waals surface area contributed by atoms with Gasteiger partial charge >= 0.3 is 5.63 Å². The van der Waals surface area contributed by atoms with Crippen molar-refractivity contribution in [1.29, 1.82) is 0 Å². The molecule has 7 heteroatoms. The summed E-state index contributed by atoms with van der Waals surface area (Å²) in [5.74, 6) is -0.294. The maximum atomic E-state index is 12.6. The molecule has 0 bridgehead atoms. The molecule has 0 spiro atoms. The number of fused-ring (bicyclic) bond motifs is 2. The van der Waals surface area contributed by atoms with Crippen LogP contribution < -0.4 is 20.6 Å². The van der Waals surface area contributed by atoms with Gasteiger partial charge in [0.05, 0.1) is 5.69 Å². The second kappa shape index (κ2) is 7.03. The largest absolute Gasteiger partial charge is 0.481 e. The van der Waals surface area contributed by atoms with Gasteiger partial charge in [0.25, 0.3) is 11.8 Å². The molecule has 2 aromatic carbocycles. The Kier molecular flexibility index (Phi) is 4.41. The first-order valence-corrected chi connectivity index (χ1v) is 8.59. The fourth-order valence-electron chi connectivity index (χ4n) is 3.03. The molecular formula is C21H16N2O5. The number of para-hydroxylation sites is 1. The minimum Gasteiger partial charge on any atom is -0.481 e. The number of hydrogen-bond donors (Lipinski definition) is 1. The minimum atomic E-state index is -0.715. The molecule has 1 N–H and O–H groups in total. The Morgan fingerprint density at radius 2 is 2.00 bits per heavy atom. The average molecular weight is 376 g/mol. The average Bonchev–Trinajstić information content (AvgIpc) is 2.69. The number of benzene rings is 2. The Morgan fingerprint density at radius 3 is 2.82 bits per heavy atom. The summed E-state index contributed by atoms with van der Waals surface area (Å²) in [5, 5.41) is 3.32. The maximum Gasteiger partial charge on any atom is 0.349 e. The fraction of sp³-hybridized carbons (Fsp3) is 0.0952. The van der Waals surface area contributed by atoms with Gasteiger partial charge in [-0.25, -0.2) is 4.79 Å². The molecule has 7 nitrogen and oxygen atoms in total. The van der Waals surface area contributed by atoms with Gasteiger partial charge in [0.15, 0.2) is 6.61 Å². The third-order valence-electron chi connectivity index (χ3n) is 4.36. The highest BCUT2D eigenvalue weighted by Gasteiger charge is 2.25. The molecule has 2 amide bonds. The highest BCUT2D eigenvalue weighted by atomic mass is 16.5. The van der Waals surface area contributed by atoms with Gasteiger partial charge in [-0.15, -0.1) is 6.58 Å². The molecule has 1 aliphatic rings. The van der Waals surface area contributed by atoms with E-state index < -0.39 is 11.5 Å². The molecular weight excluding hydrogens is 360 g/mol. The number of nitrogens with zero attached hydrogens (tertiary/aromatic N) is 1. The van der Waals surface area contributed by atoms with Crippen LogP contribution in [0.15, 0.2) is 70.4 Å². The molecule has 2 heterocycles. The molecule has 0 saturated carbocycles. The Bertz CT molecular complexity index is 1160. The Balaban J connectivity index is 1.62. The summed E-state index contributed by atoms with van der Waals surface area (Å²) in [6.45, 7) is 3.92. The fourth-order valence-corrected chi connectivity index (χ4v) is 3.03. The van der Waals surface area contributed by atoms with Gasteiger partial charge in [-0.2, -0.15) is 0 Å². The molecule has 0 atom stereocenters. The van der Waals surface area contributed by atoms with Crippen LogP contribution in [0.2, 0.25) is 0 Å². The number of hydrogen-bond acceptors (Lipinski definition) is 5. The summed E-state index contributed by atoms with van der Waals surface area (Å²) in [4.78, 5) is 38.2. The molecule has 0 aliphatic carbocycles. The molecule has 4 rings (SSSR count). The quantitative estimate of drug-likeness (QED) is 0.559. The van der Waals surface area contributed by atoms with Gasteiger partial charge in [0.2, 0.25) is 0 Å². The predicted molar refractivity (Wildman–Crippen MR) is 105 cm³/mol. The molecule has 1 aromatic heterocycles. The Hall–Kier alpha value is -3.87. The van der Waals surface area contributed by atoms with E-state index in [4.69, 9.17) is 9.15 Å². The zero-order valence-corrected chi connectivity index (χ0v) is 14.8. The zero-order valence-electron chi connectivity index (χ0n) is 14.8. The van der Waals surface area contributed by atoms with Crippen LogP contribution in [0.4, 0.5) is 11.4 Å². The van der Waals surface area contributed by atoms with Gasteiger partial charge in [0.1, 0.15) is 16.9 Å². The summed E-state index contributed by atoms with van der Waals surface area (Å²) >= 11 is 0. The van der Waals surface area contributed by atoms with Crippen LogP contribution in [-0.2, 0) is 4.79 Å². The molecule has 3 aromatic rings. The van der Waals surface area contributed by atoms with Crippen molar-refractivity contribution in [2.24, 2.45) is 0 Å². The number of carbonyl (C=O) groups excluding carboxylic acids is 2. The maximum absolute atomic E-state index is 12.6. The molecule has 1 aliphatic heterocycles. The lowest BCUT2D eigenvalue weighted by molar-refractivity contribution is -0.121. The topological polar surface area (TPSA) is 88.8 Å². The summed E-state index contributed by atoms with van der Waals surface area (Å²) in [6.07, 6.45) is 1.63. The lowest BCUT2D eigenvalue weighted by Gasteiger charge is -2.28. The first-order chi connectivity index (χ1) is 13.6. The zero-order chi connectivity index (χ0) is 19.7. The molecule has 0 radical (unpaired) electrons. The summed E-state index contributed by atoms with van der Waals surface area (Å²) in [7, 11) is 0.